The van der Waals surface area contributed by atoms with Gasteiger partial charge in [0.05, 0.1) is 5.69 Å². The van der Waals surface area contributed by atoms with Crippen LogP contribution >= 0.6 is 0 Å². The van der Waals surface area contributed by atoms with Gasteiger partial charge in [-0.25, -0.2) is 4.79 Å². The Morgan fingerprint density at radius 2 is 1.96 bits per heavy atom. The number of amides is 1. The molecule has 5 heteroatoms. The molecule has 0 saturated heterocycles. The van der Waals surface area contributed by atoms with E-state index < -0.39 is 12.1 Å². The van der Waals surface area contributed by atoms with Crippen LogP contribution in [-0.4, -0.2) is 24.1 Å². The van der Waals surface area contributed by atoms with Gasteiger partial charge >= 0.3 is 5.97 Å². The van der Waals surface area contributed by atoms with Crippen LogP contribution in [0.5, 0.6) is 5.75 Å². The lowest BCUT2D eigenvalue weighted by Gasteiger charge is -2.27. The maximum atomic E-state index is 12.7. The molecule has 0 aromatic heterocycles. The number of carbonyl (C=O) groups is 2. The number of ether oxygens (including phenoxy) is 2. The number of para-hydroxylation sites is 1. The quantitative estimate of drug-likeness (QED) is 0.855. The van der Waals surface area contributed by atoms with E-state index in [1.54, 1.807) is 25.1 Å². The van der Waals surface area contributed by atoms with E-state index in [1.807, 2.05) is 12.1 Å². The van der Waals surface area contributed by atoms with Crippen molar-refractivity contribution >= 4 is 17.6 Å². The summed E-state index contributed by atoms with van der Waals surface area (Å²) in [5, 5.41) is 2.75. The second kappa shape index (κ2) is 6.24. The van der Waals surface area contributed by atoms with Crippen LogP contribution in [0, 0.1) is 0 Å². The second-order valence-corrected chi connectivity index (χ2v) is 6.47. The minimum absolute atomic E-state index is 0.145. The average molecular weight is 337 g/mol. The van der Waals surface area contributed by atoms with Gasteiger partial charge in [0.25, 0.3) is 5.91 Å². The summed E-state index contributed by atoms with van der Waals surface area (Å²) >= 11 is 0. The van der Waals surface area contributed by atoms with Crippen molar-refractivity contribution in [1.82, 2.24) is 0 Å². The molecule has 0 bridgehead atoms. The van der Waals surface area contributed by atoms with Crippen molar-refractivity contribution in [3.63, 3.8) is 0 Å². The summed E-state index contributed by atoms with van der Waals surface area (Å²) in [5.41, 5.74) is 3.42. The lowest BCUT2D eigenvalue weighted by Crippen LogP contribution is -2.35. The predicted molar refractivity (Wildman–Crippen MR) is 92.8 cm³/mol. The lowest BCUT2D eigenvalue weighted by molar-refractivity contribution is -0.122. The zero-order valence-corrected chi connectivity index (χ0v) is 14.0. The van der Waals surface area contributed by atoms with Gasteiger partial charge in [0, 0.05) is 6.42 Å². The molecule has 1 N–H and O–H groups in total. The largest absolute Gasteiger partial charge is 0.478 e. The number of hydrogen-bond acceptors (Lipinski definition) is 4. The van der Waals surface area contributed by atoms with E-state index in [2.05, 4.69) is 17.4 Å². The van der Waals surface area contributed by atoms with Crippen LogP contribution < -0.4 is 10.1 Å². The summed E-state index contributed by atoms with van der Waals surface area (Å²) < 4.78 is 11.4. The standard InChI is InChI=1S/C20H19NO4/c1-12-19(22)21-17-8-4-7-16(18(17)24-12)20(23)25-15-10-9-13-5-2-3-6-14(13)11-15/h2-8,12,15H,9-11H2,1H3,(H,21,22). The zero-order chi connectivity index (χ0) is 17.4. The van der Waals surface area contributed by atoms with Gasteiger partial charge in [-0.3, -0.25) is 4.79 Å². The molecule has 2 aromatic carbocycles. The van der Waals surface area contributed by atoms with Crippen molar-refractivity contribution in [2.24, 2.45) is 0 Å². The van der Waals surface area contributed by atoms with Crippen molar-refractivity contribution in [2.75, 3.05) is 5.32 Å². The summed E-state index contributed by atoms with van der Waals surface area (Å²) in [4.78, 5) is 24.4. The van der Waals surface area contributed by atoms with Crippen LogP contribution in [0.4, 0.5) is 5.69 Å². The predicted octanol–water partition coefficient (Wildman–Crippen LogP) is 3.12. The Bertz CT molecular complexity index is 845. The summed E-state index contributed by atoms with van der Waals surface area (Å²) in [5.74, 6) is -0.248. The molecule has 0 spiro atoms. The minimum Gasteiger partial charge on any atom is -0.478 e. The zero-order valence-electron chi connectivity index (χ0n) is 14.0. The maximum Gasteiger partial charge on any atom is 0.342 e. The molecule has 2 unspecified atom stereocenters. The van der Waals surface area contributed by atoms with Crippen LogP contribution in [0.25, 0.3) is 0 Å². The molecule has 25 heavy (non-hydrogen) atoms. The highest BCUT2D eigenvalue weighted by molar-refractivity contribution is 6.02. The monoisotopic (exact) mass is 337 g/mol. The van der Waals surface area contributed by atoms with Gasteiger partial charge in [0.1, 0.15) is 11.7 Å². The molecule has 1 aliphatic carbocycles. The first-order valence-corrected chi connectivity index (χ1v) is 8.50. The van der Waals surface area contributed by atoms with Crippen molar-refractivity contribution < 1.29 is 19.1 Å². The van der Waals surface area contributed by atoms with Gasteiger partial charge in [-0.1, -0.05) is 30.3 Å². The third kappa shape index (κ3) is 2.97. The van der Waals surface area contributed by atoms with Crippen molar-refractivity contribution in [3.8, 4) is 5.75 Å². The highest BCUT2D eigenvalue weighted by Crippen LogP contribution is 2.34. The Hall–Kier alpha value is -2.82. The molecule has 128 valence electrons. The molecule has 0 saturated carbocycles. The normalized spacial score (nSPS) is 21.4. The Morgan fingerprint density at radius 3 is 2.80 bits per heavy atom. The van der Waals surface area contributed by atoms with E-state index in [0.29, 0.717) is 17.0 Å². The number of esters is 1. The number of aryl methyl sites for hydroxylation is 1. The number of fused-ring (bicyclic) bond motifs is 2. The van der Waals surface area contributed by atoms with E-state index in [4.69, 9.17) is 9.47 Å². The second-order valence-electron chi connectivity index (χ2n) is 6.47. The van der Waals surface area contributed by atoms with E-state index >= 15 is 0 Å². The lowest BCUT2D eigenvalue weighted by atomic mass is 9.90. The van der Waals surface area contributed by atoms with Crippen molar-refractivity contribution in [2.45, 2.75) is 38.4 Å². The molecule has 2 aromatic rings. The fourth-order valence-electron chi connectivity index (χ4n) is 3.37. The van der Waals surface area contributed by atoms with Gasteiger partial charge in [-0.2, -0.15) is 0 Å². The van der Waals surface area contributed by atoms with Gasteiger partial charge in [-0.15, -0.1) is 0 Å². The van der Waals surface area contributed by atoms with Crippen LogP contribution in [0.15, 0.2) is 42.5 Å². The van der Waals surface area contributed by atoms with Crippen LogP contribution in [0.2, 0.25) is 0 Å². The summed E-state index contributed by atoms with van der Waals surface area (Å²) in [6, 6.07) is 13.3. The third-order valence-electron chi connectivity index (χ3n) is 4.73. The number of hydrogen-bond donors (Lipinski definition) is 1. The van der Waals surface area contributed by atoms with Gasteiger partial charge in [0.15, 0.2) is 11.9 Å². The molecule has 1 aliphatic heterocycles. The van der Waals surface area contributed by atoms with Gasteiger partial charge in [-0.05, 0) is 43.0 Å². The Labute approximate surface area is 145 Å². The molecule has 1 heterocycles. The minimum atomic E-state index is -0.636. The molecule has 0 radical (unpaired) electrons. The van der Waals surface area contributed by atoms with Crippen LogP contribution in [0.1, 0.15) is 34.8 Å². The Balaban J connectivity index is 1.53. The molecular formula is C20H19NO4. The molecular weight excluding hydrogens is 318 g/mol. The number of benzene rings is 2. The van der Waals surface area contributed by atoms with Gasteiger partial charge in [0.2, 0.25) is 0 Å². The number of rotatable bonds is 2. The highest BCUT2D eigenvalue weighted by atomic mass is 16.5. The Kier molecular flexibility index (Phi) is 3.92. The van der Waals surface area contributed by atoms with Gasteiger partial charge < -0.3 is 14.8 Å². The first-order valence-electron chi connectivity index (χ1n) is 8.50. The first kappa shape index (κ1) is 15.7. The first-order chi connectivity index (χ1) is 12.1. The van der Waals surface area contributed by atoms with Crippen LogP contribution in [0.3, 0.4) is 0 Å². The van der Waals surface area contributed by atoms with Crippen molar-refractivity contribution in [3.05, 3.63) is 59.2 Å². The maximum absolute atomic E-state index is 12.7. The molecule has 2 atom stereocenters. The summed E-state index contributed by atoms with van der Waals surface area (Å²) in [7, 11) is 0. The topological polar surface area (TPSA) is 64.6 Å². The summed E-state index contributed by atoms with van der Waals surface area (Å²) in [6.45, 7) is 1.65. The molecule has 2 aliphatic rings. The van der Waals surface area contributed by atoms with E-state index in [0.717, 1.165) is 19.3 Å². The van der Waals surface area contributed by atoms with Crippen molar-refractivity contribution in [1.29, 1.82) is 0 Å². The smallest absolute Gasteiger partial charge is 0.342 e. The average Bonchev–Trinajstić information content (AvgIpc) is 2.62. The fraction of sp³-hybridized carbons (Fsp3) is 0.300. The summed E-state index contributed by atoms with van der Waals surface area (Å²) in [6.07, 6.45) is 1.67. The third-order valence-corrected chi connectivity index (χ3v) is 4.73. The van der Waals surface area contributed by atoms with Crippen LogP contribution in [-0.2, 0) is 22.4 Å². The fourth-order valence-corrected chi connectivity index (χ4v) is 3.37. The number of anilines is 1. The SMILES string of the molecule is CC1Oc2c(cccc2C(=O)OC2CCc3ccccc3C2)NC1=O. The number of carbonyl (C=O) groups excluding carboxylic acids is 2. The van der Waals surface area contributed by atoms with E-state index in [9.17, 15) is 9.59 Å². The Morgan fingerprint density at radius 1 is 1.16 bits per heavy atom. The molecule has 1 amide bonds. The molecule has 4 rings (SSSR count). The highest BCUT2D eigenvalue weighted by Gasteiger charge is 2.29. The van der Waals surface area contributed by atoms with E-state index in [1.165, 1.54) is 11.1 Å². The number of nitrogens with one attached hydrogen (secondary N) is 1. The van der Waals surface area contributed by atoms with E-state index in [-0.39, 0.29) is 12.0 Å². The molecule has 0 fully saturated rings. The molecule has 5 nitrogen and oxygen atoms in total.